The lowest BCUT2D eigenvalue weighted by Gasteiger charge is -2.33. The van der Waals surface area contributed by atoms with Gasteiger partial charge < -0.3 is 4.74 Å². The summed E-state index contributed by atoms with van der Waals surface area (Å²) in [6.07, 6.45) is 5.82. The molecule has 0 aromatic heterocycles. The SMILES string of the molecule is C=N/C(=N\N1CC(CCc2ccccc2)CC1C(CC)CC(C)(C)C)C(=C)OCC. The second kappa shape index (κ2) is 11.3. The van der Waals surface area contributed by atoms with Gasteiger partial charge >= 0.3 is 0 Å². The zero-order chi connectivity index (χ0) is 22.1. The Balaban J connectivity index is 2.19. The minimum atomic E-state index is 0.298. The summed E-state index contributed by atoms with van der Waals surface area (Å²) >= 11 is 0. The quantitative estimate of drug-likeness (QED) is 0.256. The van der Waals surface area contributed by atoms with Crippen LogP contribution in [0.15, 0.2) is 52.8 Å². The summed E-state index contributed by atoms with van der Waals surface area (Å²) in [6.45, 7) is 20.4. The minimum absolute atomic E-state index is 0.298. The van der Waals surface area contributed by atoms with Crippen LogP contribution in [0.5, 0.6) is 0 Å². The molecule has 1 aromatic rings. The van der Waals surface area contributed by atoms with Crippen molar-refractivity contribution in [3.8, 4) is 0 Å². The number of aryl methyl sites for hydroxylation is 1. The van der Waals surface area contributed by atoms with Crippen LogP contribution in [0.3, 0.4) is 0 Å². The largest absolute Gasteiger partial charge is 0.490 e. The van der Waals surface area contributed by atoms with Gasteiger partial charge in [-0.2, -0.15) is 5.10 Å². The number of amidine groups is 1. The van der Waals surface area contributed by atoms with Gasteiger partial charge in [0.2, 0.25) is 5.84 Å². The Morgan fingerprint density at radius 1 is 1.23 bits per heavy atom. The summed E-state index contributed by atoms with van der Waals surface area (Å²) in [6, 6.07) is 11.2. The van der Waals surface area contributed by atoms with Gasteiger partial charge in [-0.05, 0) is 62.1 Å². The summed E-state index contributed by atoms with van der Waals surface area (Å²) in [7, 11) is 0. The van der Waals surface area contributed by atoms with E-state index in [4.69, 9.17) is 9.84 Å². The minimum Gasteiger partial charge on any atom is -0.490 e. The Hall–Kier alpha value is -2.10. The van der Waals surface area contributed by atoms with Crippen molar-refractivity contribution in [2.24, 2.45) is 27.3 Å². The summed E-state index contributed by atoms with van der Waals surface area (Å²) < 4.78 is 5.55. The summed E-state index contributed by atoms with van der Waals surface area (Å²) in [5.74, 6) is 2.24. The molecule has 4 heteroatoms. The second-order valence-corrected chi connectivity index (χ2v) is 9.69. The molecule has 0 spiro atoms. The molecule has 1 aliphatic heterocycles. The molecule has 1 aliphatic rings. The zero-order valence-electron chi connectivity index (χ0n) is 19.7. The maximum Gasteiger partial charge on any atom is 0.213 e. The van der Waals surface area contributed by atoms with Gasteiger partial charge in [-0.25, -0.2) is 4.99 Å². The molecule has 0 amide bonds. The molecule has 4 nitrogen and oxygen atoms in total. The number of hydrogen-bond acceptors (Lipinski definition) is 3. The lowest BCUT2D eigenvalue weighted by molar-refractivity contribution is 0.149. The fraction of sp³-hybridized carbons (Fsp3) is 0.615. The van der Waals surface area contributed by atoms with Crippen molar-refractivity contribution >= 4 is 12.6 Å². The van der Waals surface area contributed by atoms with Crippen molar-refractivity contribution in [1.82, 2.24) is 5.01 Å². The van der Waals surface area contributed by atoms with Gasteiger partial charge in [-0.1, -0.05) is 71.0 Å². The van der Waals surface area contributed by atoms with E-state index in [9.17, 15) is 0 Å². The van der Waals surface area contributed by atoms with E-state index in [1.807, 2.05) is 6.92 Å². The van der Waals surface area contributed by atoms with E-state index in [0.717, 1.165) is 19.4 Å². The van der Waals surface area contributed by atoms with E-state index in [1.54, 1.807) is 0 Å². The smallest absolute Gasteiger partial charge is 0.213 e. The highest BCUT2D eigenvalue weighted by molar-refractivity contribution is 5.98. The molecule has 0 bridgehead atoms. The van der Waals surface area contributed by atoms with Gasteiger partial charge in [-0.3, -0.25) is 5.01 Å². The van der Waals surface area contributed by atoms with Crippen LogP contribution >= 0.6 is 0 Å². The van der Waals surface area contributed by atoms with Gasteiger partial charge in [0, 0.05) is 6.54 Å². The molecule has 3 atom stereocenters. The molecule has 3 unspecified atom stereocenters. The Morgan fingerprint density at radius 3 is 2.50 bits per heavy atom. The van der Waals surface area contributed by atoms with Gasteiger partial charge in [-0.15, -0.1) is 0 Å². The number of hydrogen-bond donors (Lipinski definition) is 0. The Bertz CT molecular complexity index is 705. The molecule has 1 saturated heterocycles. The van der Waals surface area contributed by atoms with Crippen molar-refractivity contribution in [1.29, 1.82) is 0 Å². The van der Waals surface area contributed by atoms with Crippen molar-refractivity contribution < 1.29 is 4.74 Å². The first-order valence-corrected chi connectivity index (χ1v) is 11.4. The van der Waals surface area contributed by atoms with Gasteiger partial charge in [0.1, 0.15) is 0 Å². The van der Waals surface area contributed by atoms with Crippen molar-refractivity contribution in [2.45, 2.75) is 72.8 Å². The third-order valence-corrected chi connectivity index (χ3v) is 5.97. The first-order chi connectivity index (χ1) is 14.3. The molecule has 1 heterocycles. The third kappa shape index (κ3) is 7.30. The number of benzene rings is 1. The molecule has 0 radical (unpaired) electrons. The molecule has 1 fully saturated rings. The molecular formula is C26H41N3O. The second-order valence-electron chi connectivity index (χ2n) is 9.69. The molecule has 0 aliphatic carbocycles. The van der Waals surface area contributed by atoms with E-state index in [1.165, 1.54) is 24.8 Å². The lowest BCUT2D eigenvalue weighted by atomic mass is 9.78. The molecular weight excluding hydrogens is 370 g/mol. The third-order valence-electron chi connectivity index (χ3n) is 5.97. The van der Waals surface area contributed by atoms with E-state index in [2.05, 4.69) is 81.3 Å². The highest BCUT2D eigenvalue weighted by Gasteiger charge is 2.37. The zero-order valence-corrected chi connectivity index (χ0v) is 19.7. The van der Waals surface area contributed by atoms with Crippen molar-refractivity contribution in [3.05, 3.63) is 48.2 Å². The fourth-order valence-corrected chi connectivity index (χ4v) is 4.59. The standard InChI is InChI=1S/C26H41N3O/c1-8-23(18-26(4,5)6)24-17-22(16-15-21-13-11-10-12-14-21)19-29(24)28-25(27-7)20(3)30-9-2/h10-14,22-24H,3,7-9,15-19H2,1-2,4-6H3/b28-25-. The predicted molar refractivity (Wildman–Crippen MR) is 129 cm³/mol. The fourth-order valence-electron chi connectivity index (χ4n) is 4.59. The van der Waals surface area contributed by atoms with Crippen LogP contribution in [0.1, 0.15) is 65.9 Å². The number of ether oxygens (including phenoxy) is 1. The van der Waals surface area contributed by atoms with Crippen LogP contribution < -0.4 is 0 Å². The Kier molecular flexibility index (Phi) is 9.13. The Labute approximate surface area is 184 Å². The summed E-state index contributed by atoms with van der Waals surface area (Å²) in [5.41, 5.74) is 1.71. The van der Waals surface area contributed by atoms with Crippen LogP contribution in [0, 0.1) is 17.3 Å². The molecule has 30 heavy (non-hydrogen) atoms. The van der Waals surface area contributed by atoms with E-state index in [-0.39, 0.29) is 0 Å². The highest BCUT2D eigenvalue weighted by atomic mass is 16.5. The number of nitrogens with zero attached hydrogens (tertiary/aromatic N) is 3. The number of hydrazone groups is 1. The van der Waals surface area contributed by atoms with Crippen LogP contribution in [0.4, 0.5) is 0 Å². The molecule has 2 rings (SSSR count). The first-order valence-electron chi connectivity index (χ1n) is 11.4. The molecule has 0 saturated carbocycles. The van der Waals surface area contributed by atoms with Gasteiger partial charge in [0.15, 0.2) is 5.76 Å². The van der Waals surface area contributed by atoms with E-state index < -0.39 is 0 Å². The lowest BCUT2D eigenvalue weighted by Crippen LogP contribution is -2.34. The number of rotatable bonds is 10. The monoisotopic (exact) mass is 411 g/mol. The predicted octanol–water partition coefficient (Wildman–Crippen LogP) is 6.34. The summed E-state index contributed by atoms with van der Waals surface area (Å²) in [5, 5.41) is 7.16. The molecule has 0 N–H and O–H groups in total. The maximum absolute atomic E-state index is 5.55. The average molecular weight is 412 g/mol. The topological polar surface area (TPSA) is 37.2 Å². The molecule has 166 valence electrons. The first kappa shape index (κ1) is 24.2. The number of aliphatic imine (C=N–C) groups is 1. The summed E-state index contributed by atoms with van der Waals surface area (Å²) in [4.78, 5) is 4.12. The van der Waals surface area contributed by atoms with Crippen LogP contribution in [0.25, 0.3) is 0 Å². The van der Waals surface area contributed by atoms with Gasteiger partial charge in [0.25, 0.3) is 0 Å². The van der Waals surface area contributed by atoms with E-state index >= 15 is 0 Å². The normalized spacial score (nSPS) is 20.8. The van der Waals surface area contributed by atoms with Crippen LogP contribution in [-0.4, -0.2) is 36.8 Å². The molecule has 1 aromatic carbocycles. The van der Waals surface area contributed by atoms with Gasteiger partial charge in [0.05, 0.1) is 12.6 Å². The van der Waals surface area contributed by atoms with Crippen LogP contribution in [0.2, 0.25) is 0 Å². The van der Waals surface area contributed by atoms with Crippen molar-refractivity contribution in [3.63, 3.8) is 0 Å². The maximum atomic E-state index is 5.55. The highest BCUT2D eigenvalue weighted by Crippen LogP contribution is 2.38. The Morgan fingerprint density at radius 2 is 1.93 bits per heavy atom. The van der Waals surface area contributed by atoms with E-state index in [0.29, 0.717) is 41.5 Å². The van der Waals surface area contributed by atoms with Crippen LogP contribution in [-0.2, 0) is 11.2 Å². The average Bonchev–Trinajstić information content (AvgIpc) is 3.11. The van der Waals surface area contributed by atoms with Crippen molar-refractivity contribution in [2.75, 3.05) is 13.2 Å².